The summed E-state index contributed by atoms with van der Waals surface area (Å²) in [4.78, 5) is 7.05. The van der Waals surface area contributed by atoms with E-state index < -0.39 is 0 Å². The normalized spacial score (nSPS) is 10.8. The van der Waals surface area contributed by atoms with E-state index in [-0.39, 0.29) is 0 Å². The molecule has 1 heterocycles. The van der Waals surface area contributed by atoms with Crippen LogP contribution in [-0.2, 0) is 0 Å². The van der Waals surface area contributed by atoms with Gasteiger partial charge in [-0.1, -0.05) is 24.9 Å². The summed E-state index contributed by atoms with van der Waals surface area (Å²) >= 11 is 6.14. The van der Waals surface area contributed by atoms with Crippen LogP contribution in [0.2, 0.25) is 5.02 Å². The van der Waals surface area contributed by atoms with Crippen LogP contribution in [0.1, 0.15) is 49.1 Å². The Hall–Kier alpha value is -1.74. The van der Waals surface area contributed by atoms with Crippen molar-refractivity contribution in [2.45, 2.75) is 54.4 Å². The van der Waals surface area contributed by atoms with E-state index in [4.69, 9.17) is 16.3 Å². The van der Waals surface area contributed by atoms with E-state index in [1.165, 1.54) is 18.5 Å². The number of nitrogens with zero attached hydrogens (tertiary/aromatic N) is 2. The molecule has 0 bridgehead atoms. The van der Waals surface area contributed by atoms with Crippen LogP contribution < -0.4 is 9.64 Å². The molecule has 1 aromatic carbocycles. The zero-order valence-corrected chi connectivity index (χ0v) is 17.0. The molecule has 0 radical (unpaired) electrons. The summed E-state index contributed by atoms with van der Waals surface area (Å²) in [5.74, 6) is 1.52. The van der Waals surface area contributed by atoms with Gasteiger partial charge in [-0.2, -0.15) is 0 Å². The van der Waals surface area contributed by atoms with Gasteiger partial charge in [0, 0.05) is 35.1 Å². The number of ether oxygens (including phenoxy) is 1. The number of rotatable bonds is 7. The monoisotopic (exact) mass is 360 g/mol. The van der Waals surface area contributed by atoms with Crippen LogP contribution in [-0.4, -0.2) is 18.1 Å². The third-order valence-electron chi connectivity index (χ3n) is 4.46. The van der Waals surface area contributed by atoms with Crippen molar-refractivity contribution in [1.82, 2.24) is 4.98 Å². The molecule has 3 nitrogen and oxygen atoms in total. The molecule has 0 fully saturated rings. The standard InChI is InChI=1S/C21H29ClN2O/c1-7-9-10-24(8-2)19-13-16(5)23-21(17(19)6)25-20-14(3)11-18(22)12-15(20)4/h11-13H,7-10H2,1-6H3. The van der Waals surface area contributed by atoms with Gasteiger partial charge in [-0.15, -0.1) is 0 Å². The first-order valence-electron chi connectivity index (χ1n) is 9.05. The second kappa shape index (κ2) is 8.57. The Labute approximate surface area is 157 Å². The second-order valence-electron chi connectivity index (χ2n) is 6.62. The molecule has 0 aliphatic carbocycles. The highest BCUT2D eigenvalue weighted by molar-refractivity contribution is 6.30. The van der Waals surface area contributed by atoms with Crippen LogP contribution >= 0.6 is 11.6 Å². The zero-order chi connectivity index (χ0) is 18.6. The molecular formula is C21H29ClN2O. The van der Waals surface area contributed by atoms with E-state index in [0.29, 0.717) is 5.88 Å². The molecule has 2 aromatic rings. The molecule has 0 atom stereocenters. The lowest BCUT2D eigenvalue weighted by Crippen LogP contribution is -2.25. The average molecular weight is 361 g/mol. The molecule has 0 saturated heterocycles. The number of aryl methyl sites for hydroxylation is 3. The van der Waals surface area contributed by atoms with Gasteiger partial charge in [0.25, 0.3) is 0 Å². The molecule has 0 amide bonds. The van der Waals surface area contributed by atoms with Crippen LogP contribution in [0, 0.1) is 27.7 Å². The third-order valence-corrected chi connectivity index (χ3v) is 4.67. The van der Waals surface area contributed by atoms with Crippen LogP contribution in [0.15, 0.2) is 18.2 Å². The van der Waals surface area contributed by atoms with Gasteiger partial charge in [0.05, 0.1) is 0 Å². The maximum Gasteiger partial charge on any atom is 0.224 e. The van der Waals surface area contributed by atoms with Crippen LogP contribution in [0.25, 0.3) is 0 Å². The van der Waals surface area contributed by atoms with Gasteiger partial charge < -0.3 is 9.64 Å². The molecule has 25 heavy (non-hydrogen) atoms. The molecule has 4 heteroatoms. The van der Waals surface area contributed by atoms with E-state index in [1.54, 1.807) is 0 Å². The highest BCUT2D eigenvalue weighted by atomic mass is 35.5. The van der Waals surface area contributed by atoms with Crippen molar-refractivity contribution in [3.05, 3.63) is 45.6 Å². The minimum Gasteiger partial charge on any atom is -0.438 e. The Bertz CT molecular complexity index is 720. The van der Waals surface area contributed by atoms with Gasteiger partial charge in [-0.25, -0.2) is 4.98 Å². The van der Waals surface area contributed by atoms with Crippen molar-refractivity contribution < 1.29 is 4.74 Å². The van der Waals surface area contributed by atoms with Gasteiger partial charge in [0.1, 0.15) is 5.75 Å². The minimum absolute atomic E-state index is 0.679. The number of pyridine rings is 1. The first kappa shape index (κ1) is 19.6. The Kier molecular flexibility index (Phi) is 6.71. The summed E-state index contributed by atoms with van der Waals surface area (Å²) in [6.07, 6.45) is 2.37. The number of anilines is 1. The van der Waals surface area contributed by atoms with E-state index >= 15 is 0 Å². The Morgan fingerprint density at radius 3 is 2.24 bits per heavy atom. The van der Waals surface area contributed by atoms with E-state index in [2.05, 4.69) is 36.7 Å². The van der Waals surface area contributed by atoms with Crippen molar-refractivity contribution in [2.24, 2.45) is 0 Å². The highest BCUT2D eigenvalue weighted by Gasteiger charge is 2.16. The van der Waals surface area contributed by atoms with Crippen molar-refractivity contribution in [3.63, 3.8) is 0 Å². The summed E-state index contributed by atoms with van der Waals surface area (Å²) in [6, 6.07) is 6.01. The number of unbranched alkanes of at least 4 members (excludes halogenated alkanes) is 1. The van der Waals surface area contributed by atoms with E-state index in [0.717, 1.165) is 46.2 Å². The maximum absolute atomic E-state index is 6.25. The first-order valence-corrected chi connectivity index (χ1v) is 9.42. The molecule has 0 N–H and O–H groups in total. The van der Waals surface area contributed by atoms with Crippen molar-refractivity contribution in [1.29, 1.82) is 0 Å². The molecule has 0 spiro atoms. The molecular weight excluding hydrogens is 332 g/mol. The number of hydrogen-bond donors (Lipinski definition) is 0. The average Bonchev–Trinajstić information content (AvgIpc) is 2.55. The summed E-state index contributed by atoms with van der Waals surface area (Å²) in [6.45, 7) is 14.6. The lowest BCUT2D eigenvalue weighted by Gasteiger charge is -2.26. The fourth-order valence-corrected chi connectivity index (χ4v) is 3.40. The summed E-state index contributed by atoms with van der Waals surface area (Å²) in [5.41, 5.74) is 5.30. The topological polar surface area (TPSA) is 25.4 Å². The summed E-state index contributed by atoms with van der Waals surface area (Å²) < 4.78 is 6.25. The smallest absolute Gasteiger partial charge is 0.224 e. The zero-order valence-electron chi connectivity index (χ0n) is 16.2. The number of aromatic nitrogens is 1. The van der Waals surface area contributed by atoms with Crippen LogP contribution in [0.5, 0.6) is 11.6 Å². The van der Waals surface area contributed by atoms with Gasteiger partial charge in [-0.05, 0) is 70.4 Å². The maximum atomic E-state index is 6.25. The fraction of sp³-hybridized carbons (Fsp3) is 0.476. The predicted molar refractivity (Wildman–Crippen MR) is 108 cm³/mol. The highest BCUT2D eigenvalue weighted by Crippen LogP contribution is 2.35. The largest absolute Gasteiger partial charge is 0.438 e. The molecule has 2 rings (SSSR count). The van der Waals surface area contributed by atoms with Gasteiger partial charge in [0.2, 0.25) is 5.88 Å². The Morgan fingerprint density at radius 2 is 1.68 bits per heavy atom. The number of hydrogen-bond acceptors (Lipinski definition) is 3. The Morgan fingerprint density at radius 1 is 1.04 bits per heavy atom. The van der Waals surface area contributed by atoms with E-state index in [9.17, 15) is 0 Å². The molecule has 0 aliphatic rings. The van der Waals surface area contributed by atoms with E-state index in [1.807, 2.05) is 32.9 Å². The predicted octanol–water partition coefficient (Wildman–Crippen LogP) is 6.39. The number of benzene rings is 1. The SMILES string of the molecule is CCCCN(CC)c1cc(C)nc(Oc2c(C)cc(Cl)cc2C)c1C. The fourth-order valence-electron chi connectivity index (χ4n) is 3.07. The molecule has 0 unspecified atom stereocenters. The van der Waals surface area contributed by atoms with Gasteiger partial charge >= 0.3 is 0 Å². The van der Waals surface area contributed by atoms with Crippen molar-refractivity contribution >= 4 is 17.3 Å². The quantitative estimate of drug-likeness (QED) is 0.572. The third kappa shape index (κ3) is 4.66. The lowest BCUT2D eigenvalue weighted by molar-refractivity contribution is 0.450. The van der Waals surface area contributed by atoms with Crippen molar-refractivity contribution in [3.8, 4) is 11.6 Å². The minimum atomic E-state index is 0.679. The molecule has 1 aromatic heterocycles. The molecule has 136 valence electrons. The molecule has 0 saturated carbocycles. The van der Waals surface area contributed by atoms with Crippen molar-refractivity contribution in [2.75, 3.05) is 18.0 Å². The molecule has 0 aliphatic heterocycles. The summed E-state index contributed by atoms with van der Waals surface area (Å²) in [7, 11) is 0. The lowest BCUT2D eigenvalue weighted by atomic mass is 10.1. The Balaban J connectivity index is 2.43. The van der Waals surface area contributed by atoms with Gasteiger partial charge in [0.15, 0.2) is 0 Å². The van der Waals surface area contributed by atoms with Crippen LogP contribution in [0.4, 0.5) is 5.69 Å². The first-order chi connectivity index (χ1) is 11.9. The summed E-state index contributed by atoms with van der Waals surface area (Å²) in [5, 5.41) is 0.730. The van der Waals surface area contributed by atoms with Gasteiger partial charge in [-0.3, -0.25) is 0 Å². The second-order valence-corrected chi connectivity index (χ2v) is 7.05. The number of halogens is 1. The van der Waals surface area contributed by atoms with Crippen LogP contribution in [0.3, 0.4) is 0 Å².